The van der Waals surface area contributed by atoms with Gasteiger partial charge in [-0.2, -0.15) is 5.26 Å². The quantitative estimate of drug-likeness (QED) is 0.804. The van der Waals surface area contributed by atoms with Gasteiger partial charge in [0.15, 0.2) is 0 Å². The molecule has 0 aromatic carbocycles. The Labute approximate surface area is 103 Å². The second kappa shape index (κ2) is 5.37. The van der Waals surface area contributed by atoms with Gasteiger partial charge >= 0.3 is 0 Å². The van der Waals surface area contributed by atoms with Gasteiger partial charge in [0.25, 0.3) is 0 Å². The van der Waals surface area contributed by atoms with Crippen molar-refractivity contribution in [2.24, 2.45) is 11.8 Å². The minimum absolute atomic E-state index is 0.183. The number of nitriles is 1. The van der Waals surface area contributed by atoms with E-state index in [2.05, 4.69) is 24.9 Å². The van der Waals surface area contributed by atoms with Crippen LogP contribution in [0.1, 0.15) is 31.7 Å². The van der Waals surface area contributed by atoms with Gasteiger partial charge in [0.05, 0.1) is 24.5 Å². The van der Waals surface area contributed by atoms with Gasteiger partial charge in [0.2, 0.25) is 0 Å². The van der Waals surface area contributed by atoms with Gasteiger partial charge in [-0.15, -0.1) is 0 Å². The van der Waals surface area contributed by atoms with Crippen molar-refractivity contribution in [1.29, 1.82) is 5.26 Å². The van der Waals surface area contributed by atoms with Crippen molar-refractivity contribution in [3.8, 4) is 6.07 Å². The Morgan fingerprint density at radius 3 is 3.00 bits per heavy atom. The van der Waals surface area contributed by atoms with E-state index in [1.165, 1.54) is 12.0 Å². The molecule has 1 aromatic rings. The normalized spacial score (nSPS) is 29.2. The number of hydrogen-bond acceptors (Lipinski definition) is 3. The molecule has 0 saturated heterocycles. The summed E-state index contributed by atoms with van der Waals surface area (Å²) in [6.07, 6.45) is 6.84. The van der Waals surface area contributed by atoms with Crippen LogP contribution in [0.3, 0.4) is 0 Å². The lowest BCUT2D eigenvalue weighted by Gasteiger charge is -2.37. The standard InChI is InChI=1S/C14H20N2O/c1-11-3-4-13(8-15)14(7-11)16(2)9-12-5-6-17-10-12/h5-6,10-11,13-14H,3-4,7,9H2,1-2H3. The van der Waals surface area contributed by atoms with E-state index < -0.39 is 0 Å². The molecule has 3 unspecified atom stereocenters. The Balaban J connectivity index is 2.01. The highest BCUT2D eigenvalue weighted by Gasteiger charge is 2.31. The van der Waals surface area contributed by atoms with Crippen LogP contribution in [0.4, 0.5) is 0 Å². The summed E-state index contributed by atoms with van der Waals surface area (Å²) in [6.45, 7) is 3.15. The molecule has 0 N–H and O–H groups in total. The second-order valence-electron chi connectivity index (χ2n) is 5.27. The summed E-state index contributed by atoms with van der Waals surface area (Å²) in [5.41, 5.74) is 1.18. The Kier molecular flexibility index (Phi) is 3.86. The highest BCUT2D eigenvalue weighted by Crippen LogP contribution is 2.31. The third-order valence-corrected chi connectivity index (χ3v) is 3.82. The third-order valence-electron chi connectivity index (χ3n) is 3.82. The van der Waals surface area contributed by atoms with Crippen molar-refractivity contribution in [3.05, 3.63) is 24.2 Å². The summed E-state index contributed by atoms with van der Waals surface area (Å²) in [5.74, 6) is 0.916. The molecule has 0 radical (unpaired) electrons. The van der Waals surface area contributed by atoms with Crippen LogP contribution >= 0.6 is 0 Å². The Hall–Kier alpha value is -1.27. The zero-order valence-corrected chi connectivity index (χ0v) is 10.6. The first-order valence-electron chi connectivity index (χ1n) is 6.31. The molecule has 17 heavy (non-hydrogen) atoms. The van der Waals surface area contributed by atoms with E-state index in [0.717, 1.165) is 25.3 Å². The van der Waals surface area contributed by atoms with Gasteiger partial charge in [-0.1, -0.05) is 6.92 Å². The summed E-state index contributed by atoms with van der Waals surface area (Å²) in [7, 11) is 2.11. The Morgan fingerprint density at radius 2 is 2.35 bits per heavy atom. The molecule has 3 nitrogen and oxygen atoms in total. The third kappa shape index (κ3) is 2.89. The molecule has 1 fully saturated rings. The number of rotatable bonds is 3. The molecule has 92 valence electrons. The van der Waals surface area contributed by atoms with E-state index in [-0.39, 0.29) is 5.92 Å². The van der Waals surface area contributed by atoms with Crippen LogP contribution in [-0.4, -0.2) is 18.0 Å². The van der Waals surface area contributed by atoms with E-state index in [1.807, 2.05) is 6.07 Å². The molecule has 3 heteroatoms. The number of nitrogens with zero attached hydrogens (tertiary/aromatic N) is 2. The van der Waals surface area contributed by atoms with Crippen LogP contribution in [0.2, 0.25) is 0 Å². The van der Waals surface area contributed by atoms with Gasteiger partial charge < -0.3 is 4.42 Å². The first-order valence-corrected chi connectivity index (χ1v) is 6.31. The van der Waals surface area contributed by atoms with E-state index in [1.54, 1.807) is 12.5 Å². The average molecular weight is 232 g/mol. The highest BCUT2D eigenvalue weighted by molar-refractivity contribution is 5.06. The lowest BCUT2D eigenvalue weighted by atomic mass is 9.79. The predicted molar refractivity (Wildman–Crippen MR) is 66.1 cm³/mol. The number of hydrogen-bond donors (Lipinski definition) is 0. The molecule has 0 bridgehead atoms. The van der Waals surface area contributed by atoms with Gasteiger partial charge in [0.1, 0.15) is 0 Å². The van der Waals surface area contributed by atoms with E-state index in [0.29, 0.717) is 6.04 Å². The maximum absolute atomic E-state index is 9.23. The van der Waals surface area contributed by atoms with Gasteiger partial charge in [-0.3, -0.25) is 4.90 Å². The van der Waals surface area contributed by atoms with Crippen molar-refractivity contribution < 1.29 is 4.42 Å². The first-order chi connectivity index (χ1) is 8.20. The zero-order chi connectivity index (χ0) is 12.3. The monoisotopic (exact) mass is 232 g/mol. The van der Waals surface area contributed by atoms with E-state index in [9.17, 15) is 5.26 Å². The van der Waals surface area contributed by atoms with Crippen molar-refractivity contribution in [2.75, 3.05) is 7.05 Å². The van der Waals surface area contributed by atoms with Crippen molar-refractivity contribution in [3.63, 3.8) is 0 Å². The highest BCUT2D eigenvalue weighted by atomic mass is 16.3. The molecule has 1 aliphatic carbocycles. The molecule has 1 aliphatic rings. The Morgan fingerprint density at radius 1 is 1.53 bits per heavy atom. The van der Waals surface area contributed by atoms with Gasteiger partial charge in [0, 0.05) is 18.2 Å². The fraction of sp³-hybridized carbons (Fsp3) is 0.643. The summed E-state index contributed by atoms with van der Waals surface area (Å²) in [5, 5.41) is 9.23. The van der Waals surface area contributed by atoms with E-state index in [4.69, 9.17) is 4.42 Å². The SMILES string of the molecule is CC1CCC(C#N)C(N(C)Cc2ccoc2)C1. The lowest BCUT2D eigenvalue weighted by Crippen LogP contribution is -2.41. The fourth-order valence-corrected chi connectivity index (χ4v) is 2.78. The predicted octanol–water partition coefficient (Wildman–Crippen LogP) is 3.04. The van der Waals surface area contributed by atoms with Crippen LogP contribution in [0.15, 0.2) is 23.0 Å². The van der Waals surface area contributed by atoms with Gasteiger partial charge in [-0.25, -0.2) is 0 Å². The molecule has 0 amide bonds. The molecule has 2 rings (SSSR count). The minimum Gasteiger partial charge on any atom is -0.472 e. The van der Waals surface area contributed by atoms with Crippen molar-refractivity contribution in [2.45, 2.75) is 38.8 Å². The largest absolute Gasteiger partial charge is 0.472 e. The molecular weight excluding hydrogens is 212 g/mol. The first kappa shape index (κ1) is 12.2. The summed E-state index contributed by atoms with van der Waals surface area (Å²) in [4.78, 5) is 2.30. The summed E-state index contributed by atoms with van der Waals surface area (Å²) in [6, 6.07) is 4.85. The van der Waals surface area contributed by atoms with Crippen LogP contribution in [0.5, 0.6) is 0 Å². The Bertz CT molecular complexity index is 379. The van der Waals surface area contributed by atoms with Crippen molar-refractivity contribution >= 4 is 0 Å². The van der Waals surface area contributed by atoms with E-state index >= 15 is 0 Å². The average Bonchev–Trinajstić information content (AvgIpc) is 2.81. The summed E-state index contributed by atoms with van der Waals surface area (Å²) >= 11 is 0. The summed E-state index contributed by atoms with van der Waals surface area (Å²) < 4.78 is 5.09. The van der Waals surface area contributed by atoms with Crippen LogP contribution in [0, 0.1) is 23.2 Å². The zero-order valence-electron chi connectivity index (χ0n) is 10.6. The maximum atomic E-state index is 9.23. The molecule has 3 atom stereocenters. The fourth-order valence-electron chi connectivity index (χ4n) is 2.78. The molecule has 1 saturated carbocycles. The second-order valence-corrected chi connectivity index (χ2v) is 5.27. The van der Waals surface area contributed by atoms with Crippen LogP contribution in [-0.2, 0) is 6.54 Å². The molecule has 1 aromatic heterocycles. The number of furan rings is 1. The molecule has 0 spiro atoms. The van der Waals surface area contributed by atoms with Crippen molar-refractivity contribution in [1.82, 2.24) is 4.90 Å². The van der Waals surface area contributed by atoms with Crippen LogP contribution < -0.4 is 0 Å². The van der Waals surface area contributed by atoms with Crippen LogP contribution in [0.25, 0.3) is 0 Å². The topological polar surface area (TPSA) is 40.2 Å². The minimum atomic E-state index is 0.183. The maximum Gasteiger partial charge on any atom is 0.0947 e. The lowest BCUT2D eigenvalue weighted by molar-refractivity contribution is 0.125. The smallest absolute Gasteiger partial charge is 0.0947 e. The molecular formula is C14H20N2O. The molecule has 0 aliphatic heterocycles. The molecule has 1 heterocycles. The van der Waals surface area contributed by atoms with Gasteiger partial charge in [-0.05, 0) is 38.3 Å².